The number of hydrogen-bond acceptors (Lipinski definition) is 4. The Morgan fingerprint density at radius 2 is 2.04 bits per heavy atom. The number of aryl methyl sites for hydroxylation is 1. The van der Waals surface area contributed by atoms with Gasteiger partial charge in [0.1, 0.15) is 6.61 Å². The Kier molecular flexibility index (Phi) is 5.63. The minimum absolute atomic E-state index is 0.0407. The van der Waals surface area contributed by atoms with E-state index in [0.29, 0.717) is 12.7 Å². The fraction of sp³-hybridized carbons (Fsp3) is 0.571. The van der Waals surface area contributed by atoms with Crippen LogP contribution in [-0.4, -0.2) is 48.0 Å². The molecule has 6 nitrogen and oxygen atoms in total. The predicted molar refractivity (Wildman–Crippen MR) is 107 cm³/mol. The van der Waals surface area contributed by atoms with Gasteiger partial charge in [-0.2, -0.15) is 0 Å². The Labute approximate surface area is 159 Å². The topological polar surface area (TPSA) is 60.2 Å². The number of hydrogen-bond donors (Lipinski definition) is 2. The van der Waals surface area contributed by atoms with E-state index in [-0.39, 0.29) is 11.7 Å². The quantitative estimate of drug-likeness (QED) is 0.804. The highest BCUT2D eigenvalue weighted by atomic mass is 16.5. The number of rotatable bonds is 3. The van der Waals surface area contributed by atoms with Crippen LogP contribution in [0.25, 0.3) is 11.0 Å². The van der Waals surface area contributed by atoms with Gasteiger partial charge in [0.05, 0.1) is 28.7 Å². The monoisotopic (exact) mass is 368 g/mol. The van der Waals surface area contributed by atoms with E-state index >= 15 is 0 Å². The maximum atomic E-state index is 12.9. The van der Waals surface area contributed by atoms with Gasteiger partial charge in [0.25, 0.3) is 0 Å². The number of nitrogens with zero attached hydrogens (tertiary/aromatic N) is 2. The van der Waals surface area contributed by atoms with Crippen molar-refractivity contribution in [1.82, 2.24) is 19.8 Å². The molecule has 2 fully saturated rings. The highest BCUT2D eigenvalue weighted by Gasteiger charge is 2.22. The molecule has 2 aliphatic rings. The first-order valence-corrected chi connectivity index (χ1v) is 9.97. The van der Waals surface area contributed by atoms with Crippen LogP contribution < -0.4 is 16.3 Å². The van der Waals surface area contributed by atoms with Gasteiger partial charge in [0, 0.05) is 13.6 Å². The lowest BCUT2D eigenvalue weighted by atomic mass is 10.1. The third kappa shape index (κ3) is 3.81. The van der Waals surface area contributed by atoms with Crippen molar-refractivity contribution >= 4 is 11.0 Å². The lowest BCUT2D eigenvalue weighted by Gasteiger charge is -2.24. The third-order valence-electron chi connectivity index (χ3n) is 5.64. The summed E-state index contributed by atoms with van der Waals surface area (Å²) >= 11 is 0. The van der Waals surface area contributed by atoms with Gasteiger partial charge in [0.2, 0.25) is 0 Å². The molecule has 0 amide bonds. The van der Waals surface area contributed by atoms with E-state index < -0.39 is 0 Å². The first-order chi connectivity index (χ1) is 13.3. The van der Waals surface area contributed by atoms with Gasteiger partial charge in [-0.15, -0.1) is 0 Å². The zero-order valence-corrected chi connectivity index (χ0v) is 16.0. The molecule has 144 valence electrons. The Balaban J connectivity index is 1.59. The van der Waals surface area contributed by atoms with E-state index in [1.165, 1.54) is 0 Å². The second-order valence-corrected chi connectivity index (χ2v) is 7.45. The van der Waals surface area contributed by atoms with Crippen molar-refractivity contribution in [1.29, 1.82) is 0 Å². The zero-order valence-electron chi connectivity index (χ0n) is 16.0. The van der Waals surface area contributed by atoms with Crippen LogP contribution in [0, 0.1) is 11.8 Å². The zero-order chi connectivity index (χ0) is 18.6. The standard InChI is InChI=1S/C21H28N4O2/c1-24-20-16(6-4-14-27-18-9-12-22-13-10-18)5-2-8-19(20)25(21(24)26)17-7-3-11-23-15-17/h2,5,8,17-18,22-23H,3,7,9-15H2,1H3. The van der Waals surface area contributed by atoms with E-state index in [4.69, 9.17) is 4.74 Å². The van der Waals surface area contributed by atoms with Gasteiger partial charge in [0.15, 0.2) is 0 Å². The van der Waals surface area contributed by atoms with Crippen LogP contribution in [0.3, 0.4) is 0 Å². The largest absolute Gasteiger partial charge is 0.365 e. The summed E-state index contributed by atoms with van der Waals surface area (Å²) < 4.78 is 9.56. The molecule has 0 radical (unpaired) electrons. The van der Waals surface area contributed by atoms with Crippen molar-refractivity contribution in [3.63, 3.8) is 0 Å². The van der Waals surface area contributed by atoms with E-state index in [0.717, 1.165) is 68.5 Å². The normalized spacial score (nSPS) is 21.1. The third-order valence-corrected chi connectivity index (χ3v) is 5.64. The summed E-state index contributed by atoms with van der Waals surface area (Å²) in [7, 11) is 1.84. The summed E-state index contributed by atoms with van der Waals surface area (Å²) in [5.41, 5.74) is 2.83. The molecule has 0 bridgehead atoms. The first-order valence-electron chi connectivity index (χ1n) is 9.97. The number of piperidine rings is 2. The van der Waals surface area contributed by atoms with Crippen LogP contribution in [-0.2, 0) is 11.8 Å². The lowest BCUT2D eigenvalue weighted by molar-refractivity contribution is 0.0548. The summed E-state index contributed by atoms with van der Waals surface area (Å²) in [4.78, 5) is 12.9. The number of nitrogens with one attached hydrogen (secondary N) is 2. The average molecular weight is 368 g/mol. The first kappa shape index (κ1) is 18.3. The van der Waals surface area contributed by atoms with Gasteiger partial charge in [-0.1, -0.05) is 17.9 Å². The fourth-order valence-electron chi connectivity index (χ4n) is 4.20. The molecule has 2 saturated heterocycles. The SMILES string of the molecule is Cn1c(=O)n(C2CCCNC2)c2cccc(C#CCOC3CCNCC3)c21. The second-order valence-electron chi connectivity index (χ2n) is 7.45. The lowest BCUT2D eigenvalue weighted by Crippen LogP contribution is -2.36. The molecule has 0 spiro atoms. The van der Waals surface area contributed by atoms with Crippen molar-refractivity contribution in [3.05, 3.63) is 34.2 Å². The molecule has 3 heterocycles. The predicted octanol–water partition coefficient (Wildman–Crippen LogP) is 1.38. The molecule has 6 heteroatoms. The second kappa shape index (κ2) is 8.30. The molecule has 1 atom stereocenters. The molecule has 27 heavy (non-hydrogen) atoms. The number of imidazole rings is 1. The van der Waals surface area contributed by atoms with E-state index in [1.807, 2.05) is 29.8 Å². The van der Waals surface area contributed by atoms with Crippen molar-refractivity contribution in [2.45, 2.75) is 37.8 Å². The molecule has 4 rings (SSSR count). The summed E-state index contributed by atoms with van der Waals surface area (Å²) in [6.45, 7) is 4.34. The highest BCUT2D eigenvalue weighted by molar-refractivity contribution is 5.83. The number of para-hydroxylation sites is 1. The summed E-state index contributed by atoms with van der Waals surface area (Å²) in [5, 5.41) is 6.74. The van der Waals surface area contributed by atoms with Crippen molar-refractivity contribution in [3.8, 4) is 11.8 Å². The van der Waals surface area contributed by atoms with Gasteiger partial charge < -0.3 is 15.4 Å². The number of fused-ring (bicyclic) bond motifs is 1. The van der Waals surface area contributed by atoms with Crippen molar-refractivity contribution < 1.29 is 4.74 Å². The molecule has 1 aromatic heterocycles. The van der Waals surface area contributed by atoms with Crippen LogP contribution in [0.1, 0.15) is 37.3 Å². The van der Waals surface area contributed by atoms with Gasteiger partial charge in [-0.05, 0) is 57.5 Å². The van der Waals surface area contributed by atoms with Crippen LogP contribution >= 0.6 is 0 Å². The summed E-state index contributed by atoms with van der Waals surface area (Å²) in [6, 6.07) is 6.22. The maximum Gasteiger partial charge on any atom is 0.329 e. The molecule has 1 aromatic carbocycles. The molecule has 0 saturated carbocycles. The van der Waals surface area contributed by atoms with E-state index in [1.54, 1.807) is 4.57 Å². The van der Waals surface area contributed by atoms with Gasteiger partial charge >= 0.3 is 5.69 Å². The molecular formula is C21H28N4O2. The van der Waals surface area contributed by atoms with Crippen LogP contribution in [0.2, 0.25) is 0 Å². The van der Waals surface area contributed by atoms with Crippen LogP contribution in [0.15, 0.2) is 23.0 Å². The smallest absolute Gasteiger partial charge is 0.329 e. The maximum absolute atomic E-state index is 12.9. The number of ether oxygens (including phenoxy) is 1. The minimum Gasteiger partial charge on any atom is -0.365 e. The summed E-state index contributed by atoms with van der Waals surface area (Å²) in [5.74, 6) is 6.38. The molecule has 2 N–H and O–H groups in total. The molecule has 1 unspecified atom stereocenters. The fourth-order valence-corrected chi connectivity index (χ4v) is 4.20. The van der Waals surface area contributed by atoms with E-state index in [2.05, 4.69) is 22.5 Å². The molecule has 2 aliphatic heterocycles. The van der Waals surface area contributed by atoms with E-state index in [9.17, 15) is 4.79 Å². The van der Waals surface area contributed by atoms with Crippen molar-refractivity contribution in [2.24, 2.45) is 7.05 Å². The van der Waals surface area contributed by atoms with Crippen LogP contribution in [0.5, 0.6) is 0 Å². The Morgan fingerprint density at radius 3 is 2.81 bits per heavy atom. The minimum atomic E-state index is 0.0407. The summed E-state index contributed by atoms with van der Waals surface area (Å²) in [6.07, 6.45) is 4.53. The number of benzene rings is 1. The highest BCUT2D eigenvalue weighted by Crippen LogP contribution is 2.23. The average Bonchev–Trinajstić information content (AvgIpc) is 2.98. The Bertz CT molecular complexity index is 906. The Hall–Kier alpha value is -2.07. The van der Waals surface area contributed by atoms with Gasteiger partial charge in [-0.25, -0.2) is 4.79 Å². The van der Waals surface area contributed by atoms with Crippen LogP contribution in [0.4, 0.5) is 0 Å². The number of aromatic nitrogens is 2. The molecular weight excluding hydrogens is 340 g/mol. The van der Waals surface area contributed by atoms with Crippen molar-refractivity contribution in [2.75, 3.05) is 32.8 Å². The molecule has 0 aliphatic carbocycles. The Morgan fingerprint density at radius 1 is 1.19 bits per heavy atom. The molecule has 2 aromatic rings. The van der Waals surface area contributed by atoms with Gasteiger partial charge in [-0.3, -0.25) is 9.13 Å².